The Labute approximate surface area is 144 Å². The fourth-order valence-corrected chi connectivity index (χ4v) is 3.49. The van der Waals surface area contributed by atoms with Crippen molar-refractivity contribution in [2.45, 2.75) is 52.0 Å². The molecule has 3 rings (SSSR count). The van der Waals surface area contributed by atoms with Crippen molar-refractivity contribution >= 4 is 11.8 Å². The predicted octanol–water partition coefficient (Wildman–Crippen LogP) is 2.43. The molecule has 5 nitrogen and oxygen atoms in total. The Kier molecular flexibility index (Phi) is 5.52. The van der Waals surface area contributed by atoms with Crippen LogP contribution in [-0.4, -0.2) is 41.0 Å². The highest BCUT2D eigenvalue weighted by Crippen LogP contribution is 2.43. The van der Waals surface area contributed by atoms with Gasteiger partial charge in [-0.05, 0) is 35.4 Å². The van der Waals surface area contributed by atoms with E-state index in [0.717, 1.165) is 5.56 Å². The standard InChI is InChI=1S/C16H20N2O3.C3H8/c1-10-9-18-13(15(21)17-8-14(18)20)7-16(10,2)11-4-3-5-12(19)6-11;1-3-2/h3-6,10,13,19H,7-9H2,1-2H3,(H,17,21);3H2,1-2H3/t10-,13+,16+;/m0./s1. The molecule has 0 radical (unpaired) electrons. The monoisotopic (exact) mass is 332 g/mol. The number of aromatic hydroxyl groups is 1. The fourth-order valence-electron chi connectivity index (χ4n) is 3.49. The molecule has 2 aliphatic rings. The van der Waals surface area contributed by atoms with Crippen molar-refractivity contribution in [3.8, 4) is 5.75 Å². The molecule has 2 amide bonds. The number of amides is 2. The van der Waals surface area contributed by atoms with Crippen LogP contribution in [0.15, 0.2) is 24.3 Å². The lowest BCUT2D eigenvalue weighted by molar-refractivity contribution is -0.150. The topological polar surface area (TPSA) is 69.6 Å². The van der Waals surface area contributed by atoms with Crippen molar-refractivity contribution in [1.29, 1.82) is 0 Å². The maximum Gasteiger partial charge on any atom is 0.243 e. The van der Waals surface area contributed by atoms with Crippen molar-refractivity contribution in [3.63, 3.8) is 0 Å². The molecule has 2 fully saturated rings. The largest absolute Gasteiger partial charge is 0.508 e. The molecule has 0 bridgehead atoms. The van der Waals surface area contributed by atoms with Crippen LogP contribution in [0.2, 0.25) is 0 Å². The van der Waals surface area contributed by atoms with E-state index in [2.05, 4.69) is 33.0 Å². The Morgan fingerprint density at radius 2 is 2.00 bits per heavy atom. The van der Waals surface area contributed by atoms with Crippen molar-refractivity contribution in [2.24, 2.45) is 5.92 Å². The van der Waals surface area contributed by atoms with Gasteiger partial charge in [0, 0.05) is 6.54 Å². The fraction of sp³-hybridized carbons (Fsp3) is 0.579. The minimum Gasteiger partial charge on any atom is -0.508 e. The van der Waals surface area contributed by atoms with Gasteiger partial charge in [0.1, 0.15) is 11.8 Å². The lowest BCUT2D eigenvalue weighted by Crippen LogP contribution is -2.65. The summed E-state index contributed by atoms with van der Waals surface area (Å²) in [6, 6.07) is 6.79. The molecule has 132 valence electrons. The second kappa shape index (κ2) is 7.24. The lowest BCUT2D eigenvalue weighted by Gasteiger charge is -2.50. The first-order valence-electron chi connectivity index (χ1n) is 8.70. The van der Waals surface area contributed by atoms with Crippen LogP contribution in [0.25, 0.3) is 0 Å². The maximum absolute atomic E-state index is 12.1. The van der Waals surface area contributed by atoms with E-state index in [0.29, 0.717) is 13.0 Å². The van der Waals surface area contributed by atoms with Crippen LogP contribution in [0, 0.1) is 5.92 Å². The van der Waals surface area contributed by atoms with Gasteiger partial charge in [0.15, 0.2) is 0 Å². The van der Waals surface area contributed by atoms with E-state index < -0.39 is 6.04 Å². The number of nitrogens with one attached hydrogen (secondary N) is 1. The molecular weight excluding hydrogens is 304 g/mol. The van der Waals surface area contributed by atoms with Crippen LogP contribution < -0.4 is 5.32 Å². The zero-order chi connectivity index (χ0) is 17.9. The zero-order valence-electron chi connectivity index (χ0n) is 15.0. The number of piperazine rings is 1. The SMILES string of the molecule is CCC.C[C@H]1CN2C(=O)CNC(=O)[C@H]2C[C@@]1(C)c1cccc(O)c1. The molecule has 0 saturated carbocycles. The molecule has 2 saturated heterocycles. The average molecular weight is 332 g/mol. The Bertz CT molecular complexity index is 616. The summed E-state index contributed by atoms with van der Waals surface area (Å²) >= 11 is 0. The van der Waals surface area contributed by atoms with E-state index >= 15 is 0 Å². The summed E-state index contributed by atoms with van der Waals surface area (Å²) in [7, 11) is 0. The first-order chi connectivity index (χ1) is 11.3. The van der Waals surface area contributed by atoms with Crippen LogP contribution in [-0.2, 0) is 15.0 Å². The molecule has 2 aliphatic heterocycles. The summed E-state index contributed by atoms with van der Waals surface area (Å²) in [6.07, 6.45) is 1.83. The van der Waals surface area contributed by atoms with Crippen LogP contribution in [0.3, 0.4) is 0 Å². The van der Waals surface area contributed by atoms with E-state index in [1.54, 1.807) is 17.0 Å². The number of benzene rings is 1. The van der Waals surface area contributed by atoms with E-state index in [1.807, 2.05) is 12.1 Å². The molecule has 5 heteroatoms. The summed E-state index contributed by atoms with van der Waals surface area (Å²) in [6.45, 7) is 9.13. The summed E-state index contributed by atoms with van der Waals surface area (Å²) in [5, 5.41) is 12.4. The molecule has 0 aromatic heterocycles. The highest BCUT2D eigenvalue weighted by Gasteiger charge is 2.48. The third-order valence-corrected chi connectivity index (χ3v) is 5.09. The molecule has 24 heavy (non-hydrogen) atoms. The number of hydrogen-bond acceptors (Lipinski definition) is 3. The van der Waals surface area contributed by atoms with Gasteiger partial charge in [-0.3, -0.25) is 9.59 Å². The number of rotatable bonds is 1. The van der Waals surface area contributed by atoms with Crippen LogP contribution in [0.5, 0.6) is 5.75 Å². The summed E-state index contributed by atoms with van der Waals surface area (Å²) in [5.74, 6) is 0.357. The molecule has 0 aliphatic carbocycles. The Morgan fingerprint density at radius 1 is 1.33 bits per heavy atom. The van der Waals surface area contributed by atoms with Gasteiger partial charge in [0.05, 0.1) is 6.54 Å². The van der Waals surface area contributed by atoms with E-state index in [1.165, 1.54) is 6.42 Å². The molecular formula is C19H28N2O3. The molecule has 1 aromatic carbocycles. The van der Waals surface area contributed by atoms with Gasteiger partial charge >= 0.3 is 0 Å². The van der Waals surface area contributed by atoms with Gasteiger partial charge in [0.2, 0.25) is 11.8 Å². The number of piperidine rings is 1. The number of carbonyl (C=O) groups excluding carboxylic acids is 2. The third kappa shape index (κ3) is 3.40. The maximum atomic E-state index is 12.1. The molecule has 0 spiro atoms. The summed E-state index contributed by atoms with van der Waals surface area (Å²) in [4.78, 5) is 25.8. The van der Waals surface area contributed by atoms with Gasteiger partial charge in [-0.25, -0.2) is 0 Å². The van der Waals surface area contributed by atoms with Gasteiger partial charge < -0.3 is 15.3 Å². The third-order valence-electron chi connectivity index (χ3n) is 5.09. The van der Waals surface area contributed by atoms with Crippen molar-refractivity contribution in [3.05, 3.63) is 29.8 Å². The predicted molar refractivity (Wildman–Crippen MR) is 93.7 cm³/mol. The Balaban J connectivity index is 0.000000647. The van der Waals surface area contributed by atoms with Crippen LogP contribution >= 0.6 is 0 Å². The van der Waals surface area contributed by atoms with Crippen LogP contribution in [0.1, 0.15) is 46.1 Å². The normalized spacial score (nSPS) is 29.2. The zero-order valence-corrected chi connectivity index (χ0v) is 15.0. The number of phenolic OH excluding ortho intramolecular Hbond substituents is 1. The second-order valence-corrected chi connectivity index (χ2v) is 7.06. The van der Waals surface area contributed by atoms with Crippen molar-refractivity contribution < 1.29 is 14.7 Å². The highest BCUT2D eigenvalue weighted by atomic mass is 16.3. The number of hydrogen-bond donors (Lipinski definition) is 2. The average Bonchev–Trinajstić information content (AvgIpc) is 2.54. The molecule has 2 N–H and O–H groups in total. The smallest absolute Gasteiger partial charge is 0.243 e. The highest BCUT2D eigenvalue weighted by molar-refractivity contribution is 5.95. The number of phenols is 1. The first-order valence-corrected chi connectivity index (χ1v) is 8.70. The lowest BCUT2D eigenvalue weighted by atomic mass is 9.65. The molecule has 2 heterocycles. The first kappa shape index (κ1) is 18.3. The summed E-state index contributed by atoms with van der Waals surface area (Å²) < 4.78 is 0. The molecule has 3 atom stereocenters. The van der Waals surface area contributed by atoms with Gasteiger partial charge in [-0.2, -0.15) is 0 Å². The van der Waals surface area contributed by atoms with Gasteiger partial charge in [-0.1, -0.05) is 46.2 Å². The van der Waals surface area contributed by atoms with Gasteiger partial charge in [-0.15, -0.1) is 0 Å². The number of nitrogens with zero attached hydrogens (tertiary/aromatic N) is 1. The van der Waals surface area contributed by atoms with E-state index in [9.17, 15) is 14.7 Å². The minimum absolute atomic E-state index is 0.00981. The van der Waals surface area contributed by atoms with Crippen molar-refractivity contribution in [2.75, 3.05) is 13.1 Å². The van der Waals surface area contributed by atoms with Crippen LogP contribution in [0.4, 0.5) is 0 Å². The molecule has 0 unspecified atom stereocenters. The van der Waals surface area contributed by atoms with E-state index in [4.69, 9.17) is 0 Å². The molecule has 1 aromatic rings. The number of carbonyl (C=O) groups is 2. The Morgan fingerprint density at radius 3 is 2.62 bits per heavy atom. The minimum atomic E-state index is -0.408. The van der Waals surface area contributed by atoms with Gasteiger partial charge in [0.25, 0.3) is 0 Å². The second-order valence-electron chi connectivity index (χ2n) is 7.06. The Hall–Kier alpha value is -2.04. The van der Waals surface area contributed by atoms with Crippen molar-refractivity contribution in [1.82, 2.24) is 10.2 Å². The quantitative estimate of drug-likeness (QED) is 0.830. The van der Waals surface area contributed by atoms with E-state index in [-0.39, 0.29) is 35.4 Å². The summed E-state index contributed by atoms with van der Waals surface area (Å²) in [5.41, 5.74) is 0.773. The number of fused-ring (bicyclic) bond motifs is 1.